The van der Waals surface area contributed by atoms with Gasteiger partial charge in [0, 0.05) is 30.4 Å². The second-order valence-corrected chi connectivity index (χ2v) is 5.43. The summed E-state index contributed by atoms with van der Waals surface area (Å²) in [4.78, 5) is 2.26. The number of benzene rings is 1. The van der Waals surface area contributed by atoms with Crippen LogP contribution in [-0.2, 0) is 0 Å². The molecule has 0 aromatic heterocycles. The van der Waals surface area contributed by atoms with Crippen LogP contribution >= 0.6 is 0 Å². The Hall–Kier alpha value is -1.29. The molecule has 0 amide bonds. The van der Waals surface area contributed by atoms with Crippen molar-refractivity contribution in [3.63, 3.8) is 0 Å². The van der Waals surface area contributed by atoms with Crippen molar-refractivity contribution in [1.82, 2.24) is 5.32 Å². The van der Waals surface area contributed by atoms with Crippen molar-refractivity contribution in [2.45, 2.75) is 32.2 Å². The summed E-state index contributed by atoms with van der Waals surface area (Å²) in [6.07, 6.45) is 2.13. The molecule has 1 saturated heterocycles. The van der Waals surface area contributed by atoms with Gasteiger partial charge in [-0.25, -0.2) is 4.39 Å². The summed E-state index contributed by atoms with van der Waals surface area (Å²) < 4.78 is 18.8. The van der Waals surface area contributed by atoms with E-state index < -0.39 is 0 Å². The summed E-state index contributed by atoms with van der Waals surface area (Å²) in [5, 5.41) is 3.58. The van der Waals surface area contributed by atoms with Crippen molar-refractivity contribution in [3.05, 3.63) is 24.0 Å². The minimum absolute atomic E-state index is 0.0902. The summed E-state index contributed by atoms with van der Waals surface area (Å²) in [5.74, 6) is 0.00496. The van der Waals surface area contributed by atoms with E-state index in [1.165, 1.54) is 7.11 Å². The van der Waals surface area contributed by atoms with Gasteiger partial charge in [-0.2, -0.15) is 0 Å². The van der Waals surface area contributed by atoms with E-state index in [4.69, 9.17) is 4.74 Å². The highest BCUT2D eigenvalue weighted by molar-refractivity contribution is 5.50. The van der Waals surface area contributed by atoms with E-state index in [0.717, 1.165) is 38.2 Å². The standard InChI is InChI=1S/C15H23FN2O/c1-4-15(2)11-18(9-5-8-17-15)12-6-7-14(19-3)13(16)10-12/h6-7,10,17H,4-5,8-9,11H2,1-3H3. The van der Waals surface area contributed by atoms with Crippen molar-refractivity contribution < 1.29 is 9.13 Å². The van der Waals surface area contributed by atoms with Gasteiger partial charge in [-0.1, -0.05) is 6.92 Å². The third kappa shape index (κ3) is 3.18. The molecule has 1 aromatic rings. The fourth-order valence-electron chi connectivity index (χ4n) is 2.53. The molecule has 1 aromatic carbocycles. The van der Waals surface area contributed by atoms with Gasteiger partial charge in [0.2, 0.25) is 0 Å². The molecule has 1 unspecified atom stereocenters. The van der Waals surface area contributed by atoms with Crippen LogP contribution in [0.1, 0.15) is 26.7 Å². The average molecular weight is 266 g/mol. The van der Waals surface area contributed by atoms with Gasteiger partial charge in [-0.3, -0.25) is 0 Å². The van der Waals surface area contributed by atoms with E-state index >= 15 is 0 Å². The monoisotopic (exact) mass is 266 g/mol. The first-order valence-electron chi connectivity index (χ1n) is 6.91. The van der Waals surface area contributed by atoms with Crippen molar-refractivity contribution in [2.24, 2.45) is 0 Å². The van der Waals surface area contributed by atoms with Gasteiger partial charge >= 0.3 is 0 Å². The molecule has 3 nitrogen and oxygen atoms in total. The Morgan fingerprint density at radius 1 is 1.47 bits per heavy atom. The topological polar surface area (TPSA) is 24.5 Å². The average Bonchev–Trinajstić information content (AvgIpc) is 2.61. The molecule has 1 fully saturated rings. The lowest BCUT2D eigenvalue weighted by atomic mass is 9.98. The molecule has 19 heavy (non-hydrogen) atoms. The van der Waals surface area contributed by atoms with Crippen LogP contribution in [-0.4, -0.2) is 32.3 Å². The Bertz CT molecular complexity index is 438. The van der Waals surface area contributed by atoms with E-state index in [9.17, 15) is 4.39 Å². The maximum Gasteiger partial charge on any atom is 0.167 e. The van der Waals surface area contributed by atoms with Gasteiger partial charge in [-0.15, -0.1) is 0 Å². The first kappa shape index (κ1) is 14.1. The van der Waals surface area contributed by atoms with Crippen LogP contribution in [0.5, 0.6) is 5.75 Å². The van der Waals surface area contributed by atoms with Crippen molar-refractivity contribution in [3.8, 4) is 5.75 Å². The Labute approximate surface area is 114 Å². The Morgan fingerprint density at radius 3 is 2.89 bits per heavy atom. The molecule has 4 heteroatoms. The number of nitrogens with one attached hydrogen (secondary N) is 1. The zero-order valence-electron chi connectivity index (χ0n) is 12.0. The highest BCUT2D eigenvalue weighted by Gasteiger charge is 2.27. The van der Waals surface area contributed by atoms with Crippen LogP contribution in [0, 0.1) is 5.82 Å². The number of methoxy groups -OCH3 is 1. The third-order valence-corrected chi connectivity index (χ3v) is 3.98. The predicted molar refractivity (Wildman–Crippen MR) is 76.5 cm³/mol. The molecule has 0 radical (unpaired) electrons. The fourth-order valence-corrected chi connectivity index (χ4v) is 2.53. The summed E-state index contributed by atoms with van der Waals surface area (Å²) in [5.41, 5.74) is 1.02. The first-order valence-corrected chi connectivity index (χ1v) is 6.91. The quantitative estimate of drug-likeness (QED) is 0.910. The number of hydrogen-bond acceptors (Lipinski definition) is 3. The second kappa shape index (κ2) is 5.78. The zero-order chi connectivity index (χ0) is 13.9. The lowest BCUT2D eigenvalue weighted by molar-refractivity contribution is 0.366. The van der Waals surface area contributed by atoms with E-state index in [1.807, 2.05) is 6.07 Å². The van der Waals surface area contributed by atoms with Gasteiger partial charge in [0.15, 0.2) is 11.6 Å². The number of rotatable bonds is 3. The maximum atomic E-state index is 13.8. The third-order valence-electron chi connectivity index (χ3n) is 3.98. The first-order chi connectivity index (χ1) is 9.08. The summed E-state index contributed by atoms with van der Waals surface area (Å²) in [6.45, 7) is 7.28. The second-order valence-electron chi connectivity index (χ2n) is 5.43. The van der Waals surface area contributed by atoms with Crippen LogP contribution < -0.4 is 15.0 Å². The molecule has 0 saturated carbocycles. The molecule has 1 N–H and O–H groups in total. The number of hydrogen-bond donors (Lipinski definition) is 1. The Kier molecular flexibility index (Phi) is 4.30. The molecule has 0 spiro atoms. The highest BCUT2D eigenvalue weighted by Crippen LogP contribution is 2.26. The van der Waals surface area contributed by atoms with E-state index in [1.54, 1.807) is 12.1 Å². The van der Waals surface area contributed by atoms with Crippen molar-refractivity contribution >= 4 is 5.69 Å². The summed E-state index contributed by atoms with van der Waals surface area (Å²) in [7, 11) is 1.49. The summed E-state index contributed by atoms with van der Waals surface area (Å²) in [6, 6.07) is 5.20. The van der Waals surface area contributed by atoms with Crippen LogP contribution in [0.15, 0.2) is 18.2 Å². The molecule has 1 atom stereocenters. The summed E-state index contributed by atoms with van der Waals surface area (Å²) >= 11 is 0. The van der Waals surface area contributed by atoms with Crippen molar-refractivity contribution in [1.29, 1.82) is 0 Å². The van der Waals surface area contributed by atoms with Crippen molar-refractivity contribution in [2.75, 3.05) is 31.6 Å². The molecule has 2 rings (SSSR count). The number of halogens is 1. The largest absolute Gasteiger partial charge is 0.494 e. The normalized spacial score (nSPS) is 24.1. The lowest BCUT2D eigenvalue weighted by Gasteiger charge is -2.34. The molecule has 1 heterocycles. The molecular formula is C15H23FN2O. The van der Waals surface area contributed by atoms with E-state index in [0.29, 0.717) is 5.75 Å². The number of nitrogens with zero attached hydrogens (tertiary/aromatic N) is 1. The number of anilines is 1. The van der Waals surface area contributed by atoms with Gasteiger partial charge in [-0.05, 0) is 38.4 Å². The Morgan fingerprint density at radius 2 is 2.26 bits per heavy atom. The maximum absolute atomic E-state index is 13.8. The van der Waals surface area contributed by atoms with Gasteiger partial charge in [0.25, 0.3) is 0 Å². The van der Waals surface area contributed by atoms with Gasteiger partial charge < -0.3 is 15.0 Å². The minimum atomic E-state index is -0.296. The van der Waals surface area contributed by atoms with Gasteiger partial charge in [0.1, 0.15) is 0 Å². The molecule has 1 aliphatic rings. The zero-order valence-corrected chi connectivity index (χ0v) is 12.0. The van der Waals surface area contributed by atoms with Crippen LogP contribution in [0.2, 0.25) is 0 Å². The van der Waals surface area contributed by atoms with E-state index in [2.05, 4.69) is 24.1 Å². The predicted octanol–water partition coefficient (Wildman–Crippen LogP) is 2.80. The van der Waals surface area contributed by atoms with Crippen LogP contribution in [0.25, 0.3) is 0 Å². The molecule has 0 bridgehead atoms. The minimum Gasteiger partial charge on any atom is -0.494 e. The smallest absolute Gasteiger partial charge is 0.167 e. The van der Waals surface area contributed by atoms with Gasteiger partial charge in [0.05, 0.1) is 7.11 Å². The number of ether oxygens (including phenoxy) is 1. The van der Waals surface area contributed by atoms with Crippen LogP contribution in [0.3, 0.4) is 0 Å². The highest BCUT2D eigenvalue weighted by atomic mass is 19.1. The molecule has 0 aliphatic carbocycles. The van der Waals surface area contributed by atoms with E-state index in [-0.39, 0.29) is 11.4 Å². The SMILES string of the molecule is CCC1(C)CN(c2ccc(OC)c(F)c2)CCCN1. The fraction of sp³-hybridized carbons (Fsp3) is 0.600. The Balaban J connectivity index is 2.22. The lowest BCUT2D eigenvalue weighted by Crippen LogP contribution is -2.48. The molecular weight excluding hydrogens is 243 g/mol. The molecule has 1 aliphatic heterocycles. The molecule has 106 valence electrons. The van der Waals surface area contributed by atoms with Crippen LogP contribution in [0.4, 0.5) is 10.1 Å².